The van der Waals surface area contributed by atoms with Crippen LogP contribution < -0.4 is 10.1 Å². The number of esters is 2. The van der Waals surface area contributed by atoms with Gasteiger partial charge in [-0.15, -0.1) is 0 Å². The van der Waals surface area contributed by atoms with E-state index in [0.29, 0.717) is 13.0 Å². The molecule has 0 saturated carbocycles. The molecule has 7 nitrogen and oxygen atoms in total. The van der Waals surface area contributed by atoms with E-state index in [-0.39, 0.29) is 29.1 Å². The molecule has 0 aliphatic heterocycles. The maximum absolute atomic E-state index is 12.3. The van der Waals surface area contributed by atoms with Gasteiger partial charge in [0.15, 0.2) is 0 Å². The second kappa shape index (κ2) is 10.1. The average molecular weight is 385 g/mol. The lowest BCUT2D eigenvalue weighted by molar-refractivity contribution is -0.116. The van der Waals surface area contributed by atoms with Crippen LogP contribution in [0, 0.1) is 6.92 Å². The molecular formula is C21H23NO6. The normalized spacial score (nSPS) is 10.1. The van der Waals surface area contributed by atoms with E-state index in [1.54, 1.807) is 0 Å². The number of rotatable bonds is 8. The average Bonchev–Trinajstić information content (AvgIpc) is 2.71. The van der Waals surface area contributed by atoms with E-state index in [1.165, 1.54) is 32.4 Å². The Morgan fingerprint density at radius 2 is 1.68 bits per heavy atom. The predicted molar refractivity (Wildman–Crippen MR) is 104 cm³/mol. The first-order chi connectivity index (χ1) is 13.5. The molecule has 0 aliphatic rings. The van der Waals surface area contributed by atoms with Crippen molar-refractivity contribution in [3.05, 3.63) is 59.2 Å². The van der Waals surface area contributed by atoms with Gasteiger partial charge in [-0.1, -0.05) is 18.2 Å². The number of amides is 1. The van der Waals surface area contributed by atoms with Gasteiger partial charge in [0.1, 0.15) is 5.75 Å². The predicted octanol–water partition coefficient (Wildman–Crippen LogP) is 3.37. The molecule has 2 rings (SSSR count). The number of ether oxygens (including phenoxy) is 3. The second-order valence-electron chi connectivity index (χ2n) is 6.01. The first-order valence-electron chi connectivity index (χ1n) is 8.75. The molecule has 0 spiro atoms. The Kier molecular flexibility index (Phi) is 7.56. The fraction of sp³-hybridized carbons (Fsp3) is 0.286. The van der Waals surface area contributed by atoms with Crippen molar-refractivity contribution in [2.24, 2.45) is 0 Å². The van der Waals surface area contributed by atoms with Gasteiger partial charge in [-0.25, -0.2) is 9.59 Å². The van der Waals surface area contributed by atoms with Crippen LogP contribution in [0.4, 0.5) is 5.69 Å². The highest BCUT2D eigenvalue weighted by Gasteiger charge is 2.17. The van der Waals surface area contributed by atoms with Gasteiger partial charge in [0.05, 0.1) is 37.6 Å². The molecule has 0 unspecified atom stereocenters. The van der Waals surface area contributed by atoms with Crippen molar-refractivity contribution in [1.29, 1.82) is 0 Å². The lowest BCUT2D eigenvalue weighted by atomic mass is 10.1. The third-order valence-electron chi connectivity index (χ3n) is 4.02. The molecule has 0 heterocycles. The smallest absolute Gasteiger partial charge is 0.339 e. The van der Waals surface area contributed by atoms with Crippen LogP contribution >= 0.6 is 0 Å². The quantitative estimate of drug-likeness (QED) is 0.553. The number of methoxy groups -OCH3 is 2. The highest BCUT2D eigenvalue weighted by Crippen LogP contribution is 2.20. The lowest BCUT2D eigenvalue weighted by Gasteiger charge is -2.12. The number of aryl methyl sites for hydroxylation is 1. The first kappa shape index (κ1) is 21.0. The Morgan fingerprint density at radius 1 is 0.964 bits per heavy atom. The summed E-state index contributed by atoms with van der Waals surface area (Å²) in [7, 11) is 2.49. The minimum absolute atomic E-state index is 0.152. The van der Waals surface area contributed by atoms with E-state index < -0.39 is 11.9 Å². The minimum atomic E-state index is -0.616. The van der Waals surface area contributed by atoms with Crippen molar-refractivity contribution < 1.29 is 28.6 Å². The number of hydrogen-bond acceptors (Lipinski definition) is 6. The van der Waals surface area contributed by atoms with Gasteiger partial charge < -0.3 is 19.5 Å². The molecular weight excluding hydrogens is 362 g/mol. The zero-order chi connectivity index (χ0) is 20.5. The molecule has 7 heteroatoms. The van der Waals surface area contributed by atoms with Crippen LogP contribution in [-0.2, 0) is 14.3 Å². The number of benzene rings is 2. The molecule has 2 aromatic carbocycles. The largest absolute Gasteiger partial charge is 0.493 e. The van der Waals surface area contributed by atoms with Crippen LogP contribution in [-0.4, -0.2) is 38.7 Å². The van der Waals surface area contributed by atoms with Gasteiger partial charge in [-0.3, -0.25) is 4.79 Å². The summed E-state index contributed by atoms with van der Waals surface area (Å²) in [5.74, 6) is -0.713. The third kappa shape index (κ3) is 5.57. The summed E-state index contributed by atoms with van der Waals surface area (Å²) < 4.78 is 15.1. The maximum Gasteiger partial charge on any atom is 0.339 e. The van der Waals surface area contributed by atoms with Gasteiger partial charge in [-0.05, 0) is 43.2 Å². The number of para-hydroxylation sites is 1. The Balaban J connectivity index is 1.98. The topological polar surface area (TPSA) is 90.9 Å². The van der Waals surface area contributed by atoms with Gasteiger partial charge in [0.2, 0.25) is 5.91 Å². The Morgan fingerprint density at radius 3 is 2.36 bits per heavy atom. The molecule has 28 heavy (non-hydrogen) atoms. The molecule has 0 radical (unpaired) electrons. The van der Waals surface area contributed by atoms with Crippen molar-refractivity contribution >= 4 is 23.5 Å². The molecule has 0 aromatic heterocycles. The van der Waals surface area contributed by atoms with Crippen molar-refractivity contribution in [1.82, 2.24) is 0 Å². The zero-order valence-electron chi connectivity index (χ0n) is 16.1. The summed E-state index contributed by atoms with van der Waals surface area (Å²) in [4.78, 5) is 35.9. The van der Waals surface area contributed by atoms with Crippen LogP contribution in [0.1, 0.15) is 39.1 Å². The van der Waals surface area contributed by atoms with Gasteiger partial charge >= 0.3 is 11.9 Å². The number of carbonyl (C=O) groups excluding carboxylic acids is 3. The number of hydrogen-bond donors (Lipinski definition) is 1. The van der Waals surface area contributed by atoms with E-state index in [9.17, 15) is 14.4 Å². The second-order valence-corrected chi connectivity index (χ2v) is 6.01. The summed E-state index contributed by atoms with van der Waals surface area (Å²) in [6.07, 6.45) is 0.680. The van der Waals surface area contributed by atoms with Crippen LogP contribution in [0.25, 0.3) is 0 Å². The number of anilines is 1. The molecule has 1 amide bonds. The summed E-state index contributed by atoms with van der Waals surface area (Å²) in [6, 6.07) is 11.9. The monoisotopic (exact) mass is 385 g/mol. The SMILES string of the molecule is COC(=O)c1ccc(C(=O)OC)c(NC(=O)CCCOc2ccccc2C)c1. The standard InChI is InChI=1S/C21H23NO6/c1-14-7-4-5-8-18(14)28-12-6-9-19(23)22-17-13-15(20(24)26-2)10-11-16(17)21(25)27-3/h4-5,7-8,10-11,13H,6,9,12H2,1-3H3,(H,22,23). The van der Waals surface area contributed by atoms with Crippen molar-refractivity contribution in [3.8, 4) is 5.75 Å². The molecule has 2 aromatic rings. The molecule has 0 saturated heterocycles. The number of nitrogens with one attached hydrogen (secondary N) is 1. The van der Waals surface area contributed by atoms with Gasteiger partial charge in [-0.2, -0.15) is 0 Å². The molecule has 148 valence electrons. The molecule has 1 N–H and O–H groups in total. The highest BCUT2D eigenvalue weighted by molar-refractivity contribution is 6.03. The van der Waals surface area contributed by atoms with Crippen molar-refractivity contribution in [3.63, 3.8) is 0 Å². The van der Waals surface area contributed by atoms with Gasteiger partial charge in [0, 0.05) is 6.42 Å². The van der Waals surface area contributed by atoms with E-state index in [2.05, 4.69) is 10.1 Å². The minimum Gasteiger partial charge on any atom is -0.493 e. The van der Waals surface area contributed by atoms with E-state index in [0.717, 1.165) is 11.3 Å². The van der Waals surface area contributed by atoms with Crippen molar-refractivity contribution in [2.45, 2.75) is 19.8 Å². The third-order valence-corrected chi connectivity index (χ3v) is 4.02. The number of carbonyl (C=O) groups is 3. The zero-order valence-corrected chi connectivity index (χ0v) is 16.1. The fourth-order valence-electron chi connectivity index (χ4n) is 2.53. The summed E-state index contributed by atoms with van der Waals surface area (Å²) in [5, 5.41) is 2.65. The highest BCUT2D eigenvalue weighted by atomic mass is 16.5. The van der Waals surface area contributed by atoms with Crippen molar-refractivity contribution in [2.75, 3.05) is 26.1 Å². The molecule has 0 atom stereocenters. The van der Waals surface area contributed by atoms with Crippen LogP contribution in [0.3, 0.4) is 0 Å². The van der Waals surface area contributed by atoms with Crippen LogP contribution in [0.5, 0.6) is 5.75 Å². The van der Waals surface area contributed by atoms with E-state index >= 15 is 0 Å². The van der Waals surface area contributed by atoms with E-state index in [1.807, 2.05) is 31.2 Å². The summed E-state index contributed by atoms with van der Waals surface area (Å²) in [6.45, 7) is 2.33. The van der Waals surface area contributed by atoms with E-state index in [4.69, 9.17) is 9.47 Å². The molecule has 0 fully saturated rings. The van der Waals surface area contributed by atoms with Crippen LogP contribution in [0.15, 0.2) is 42.5 Å². The Hall–Kier alpha value is -3.35. The molecule has 0 aliphatic carbocycles. The van der Waals surface area contributed by atoms with Gasteiger partial charge in [0.25, 0.3) is 0 Å². The lowest BCUT2D eigenvalue weighted by Crippen LogP contribution is -2.17. The molecule has 0 bridgehead atoms. The fourth-order valence-corrected chi connectivity index (χ4v) is 2.53. The van der Waals surface area contributed by atoms with Crippen LogP contribution in [0.2, 0.25) is 0 Å². The Bertz CT molecular complexity index is 862. The Labute approximate surface area is 163 Å². The summed E-state index contributed by atoms with van der Waals surface area (Å²) in [5.41, 5.74) is 1.59. The maximum atomic E-state index is 12.3. The first-order valence-corrected chi connectivity index (χ1v) is 8.75. The summed E-state index contributed by atoms with van der Waals surface area (Å²) >= 11 is 0.